The third-order valence-corrected chi connectivity index (χ3v) is 5.44. The van der Waals surface area contributed by atoms with Crippen LogP contribution in [0.15, 0.2) is 17.4 Å². The number of thiophene rings is 1. The second-order valence-electron chi connectivity index (χ2n) is 4.78. The highest BCUT2D eigenvalue weighted by Gasteiger charge is 2.14. The fraction of sp³-hybridized carbons (Fsp3) is 0.357. The predicted octanol–water partition coefficient (Wildman–Crippen LogP) is 3.64. The van der Waals surface area contributed by atoms with Gasteiger partial charge in [0.15, 0.2) is 0 Å². The smallest absolute Gasteiger partial charge is 0.128 e. The number of rotatable bonds is 3. The Morgan fingerprint density at radius 3 is 2.75 bits per heavy atom. The van der Waals surface area contributed by atoms with Gasteiger partial charge in [0.1, 0.15) is 21.5 Å². The van der Waals surface area contributed by atoms with Gasteiger partial charge in [0, 0.05) is 29.7 Å². The number of imidazole rings is 1. The SMILES string of the molecule is Cc1nc(SCc2nccn2C)c2c(C)c(C)sc2n1. The molecule has 0 radical (unpaired) electrons. The molecule has 0 saturated carbocycles. The molecule has 3 aromatic heterocycles. The molecule has 3 rings (SSSR count). The molecule has 20 heavy (non-hydrogen) atoms. The van der Waals surface area contributed by atoms with Crippen LogP contribution in [-0.4, -0.2) is 19.5 Å². The second-order valence-corrected chi connectivity index (χ2v) is 6.95. The lowest BCUT2D eigenvalue weighted by Gasteiger charge is -2.05. The third-order valence-electron chi connectivity index (χ3n) is 3.37. The summed E-state index contributed by atoms with van der Waals surface area (Å²) in [5, 5.41) is 2.27. The maximum Gasteiger partial charge on any atom is 0.128 e. The summed E-state index contributed by atoms with van der Waals surface area (Å²) in [4.78, 5) is 16.0. The van der Waals surface area contributed by atoms with Gasteiger partial charge in [-0.2, -0.15) is 0 Å². The summed E-state index contributed by atoms with van der Waals surface area (Å²) >= 11 is 3.48. The second kappa shape index (κ2) is 5.18. The molecule has 0 aromatic carbocycles. The van der Waals surface area contributed by atoms with Crippen molar-refractivity contribution in [1.29, 1.82) is 0 Å². The van der Waals surface area contributed by atoms with Gasteiger partial charge in [-0.05, 0) is 26.3 Å². The lowest BCUT2D eigenvalue weighted by Crippen LogP contribution is -1.96. The Labute approximate surface area is 126 Å². The molecule has 0 fully saturated rings. The predicted molar refractivity (Wildman–Crippen MR) is 84.4 cm³/mol. The van der Waals surface area contributed by atoms with Crippen LogP contribution in [0, 0.1) is 20.8 Å². The third kappa shape index (κ3) is 2.33. The minimum Gasteiger partial charge on any atom is -0.337 e. The highest BCUT2D eigenvalue weighted by Crippen LogP contribution is 2.35. The van der Waals surface area contributed by atoms with Crippen LogP contribution in [0.25, 0.3) is 10.2 Å². The first kappa shape index (κ1) is 13.6. The Hall–Kier alpha value is -1.40. The van der Waals surface area contributed by atoms with Crippen molar-refractivity contribution >= 4 is 33.3 Å². The van der Waals surface area contributed by atoms with Gasteiger partial charge >= 0.3 is 0 Å². The first-order chi connectivity index (χ1) is 9.56. The molecule has 0 amide bonds. The first-order valence-electron chi connectivity index (χ1n) is 6.39. The van der Waals surface area contributed by atoms with E-state index >= 15 is 0 Å². The zero-order valence-electron chi connectivity index (χ0n) is 12.0. The molecule has 6 heteroatoms. The van der Waals surface area contributed by atoms with E-state index in [0.29, 0.717) is 0 Å². The molecule has 0 N–H and O–H groups in total. The Morgan fingerprint density at radius 1 is 1.25 bits per heavy atom. The van der Waals surface area contributed by atoms with Crippen molar-refractivity contribution in [3.8, 4) is 0 Å². The Kier molecular flexibility index (Phi) is 3.52. The van der Waals surface area contributed by atoms with Crippen LogP contribution in [0.1, 0.15) is 22.1 Å². The van der Waals surface area contributed by atoms with Crippen LogP contribution in [0.2, 0.25) is 0 Å². The topological polar surface area (TPSA) is 43.6 Å². The maximum absolute atomic E-state index is 4.63. The Morgan fingerprint density at radius 2 is 2.05 bits per heavy atom. The van der Waals surface area contributed by atoms with Gasteiger partial charge in [-0.15, -0.1) is 11.3 Å². The highest BCUT2D eigenvalue weighted by molar-refractivity contribution is 7.98. The number of aryl methyl sites for hydroxylation is 4. The average molecular weight is 304 g/mol. The Balaban J connectivity index is 2.00. The van der Waals surface area contributed by atoms with Gasteiger partial charge in [0.05, 0.1) is 5.75 Å². The van der Waals surface area contributed by atoms with Gasteiger partial charge in [-0.1, -0.05) is 11.8 Å². The molecule has 0 atom stereocenters. The summed E-state index contributed by atoms with van der Waals surface area (Å²) in [7, 11) is 2.02. The monoisotopic (exact) mass is 304 g/mol. The van der Waals surface area contributed by atoms with Crippen LogP contribution in [-0.2, 0) is 12.8 Å². The standard InChI is InChI=1S/C14H16N4S2/c1-8-9(2)20-14-12(8)13(16-10(3)17-14)19-7-11-15-5-6-18(11)4/h5-6H,7H2,1-4H3. The molecule has 0 unspecified atom stereocenters. The van der Waals surface area contributed by atoms with Crippen molar-refractivity contribution in [2.45, 2.75) is 31.6 Å². The average Bonchev–Trinajstić information content (AvgIpc) is 2.91. The molecule has 0 aliphatic heterocycles. The van der Waals surface area contributed by atoms with Crippen LogP contribution in [0.4, 0.5) is 0 Å². The van der Waals surface area contributed by atoms with Crippen molar-refractivity contribution in [2.24, 2.45) is 7.05 Å². The molecule has 104 valence electrons. The van der Waals surface area contributed by atoms with Gasteiger partial charge in [0.25, 0.3) is 0 Å². The largest absolute Gasteiger partial charge is 0.337 e. The van der Waals surface area contributed by atoms with Crippen LogP contribution < -0.4 is 0 Å². The molecular weight excluding hydrogens is 288 g/mol. The summed E-state index contributed by atoms with van der Waals surface area (Å²) in [5.74, 6) is 2.72. The number of hydrogen-bond donors (Lipinski definition) is 0. The van der Waals surface area contributed by atoms with E-state index in [1.165, 1.54) is 15.8 Å². The van der Waals surface area contributed by atoms with Crippen molar-refractivity contribution < 1.29 is 0 Å². The molecule has 0 saturated heterocycles. The summed E-state index contributed by atoms with van der Waals surface area (Å²) in [6.07, 6.45) is 3.80. The van der Waals surface area contributed by atoms with E-state index in [4.69, 9.17) is 0 Å². The van der Waals surface area contributed by atoms with E-state index in [9.17, 15) is 0 Å². The van der Waals surface area contributed by atoms with Gasteiger partial charge in [-0.3, -0.25) is 0 Å². The number of aromatic nitrogens is 4. The van der Waals surface area contributed by atoms with E-state index in [1.807, 2.05) is 30.9 Å². The molecular formula is C14H16N4S2. The lowest BCUT2D eigenvalue weighted by atomic mass is 10.2. The van der Waals surface area contributed by atoms with E-state index < -0.39 is 0 Å². The first-order valence-corrected chi connectivity index (χ1v) is 8.20. The van der Waals surface area contributed by atoms with E-state index in [2.05, 4.69) is 28.8 Å². The van der Waals surface area contributed by atoms with Gasteiger partial charge in [0.2, 0.25) is 0 Å². The molecule has 0 bridgehead atoms. The van der Waals surface area contributed by atoms with Crippen LogP contribution in [0.3, 0.4) is 0 Å². The molecule has 3 heterocycles. The molecule has 0 aliphatic rings. The quantitative estimate of drug-likeness (QED) is 0.547. The van der Waals surface area contributed by atoms with Gasteiger partial charge in [-0.25, -0.2) is 15.0 Å². The van der Waals surface area contributed by atoms with Crippen LogP contribution in [0.5, 0.6) is 0 Å². The summed E-state index contributed by atoms with van der Waals surface area (Å²) in [6, 6.07) is 0. The fourth-order valence-electron chi connectivity index (χ4n) is 2.09. The van der Waals surface area contributed by atoms with Gasteiger partial charge < -0.3 is 4.57 Å². The number of thioether (sulfide) groups is 1. The summed E-state index contributed by atoms with van der Waals surface area (Å²) in [6.45, 7) is 6.25. The summed E-state index contributed by atoms with van der Waals surface area (Å²) < 4.78 is 2.05. The zero-order chi connectivity index (χ0) is 14.3. The minimum absolute atomic E-state index is 0.823. The number of fused-ring (bicyclic) bond motifs is 1. The van der Waals surface area contributed by atoms with E-state index in [0.717, 1.165) is 27.3 Å². The molecule has 0 aliphatic carbocycles. The highest BCUT2D eigenvalue weighted by atomic mass is 32.2. The van der Waals surface area contributed by atoms with E-state index in [-0.39, 0.29) is 0 Å². The molecule has 3 aromatic rings. The number of hydrogen-bond acceptors (Lipinski definition) is 5. The van der Waals surface area contributed by atoms with E-state index in [1.54, 1.807) is 23.1 Å². The van der Waals surface area contributed by atoms with Crippen molar-refractivity contribution in [2.75, 3.05) is 0 Å². The Bertz CT molecular complexity index is 773. The molecule has 4 nitrogen and oxygen atoms in total. The number of nitrogens with zero attached hydrogens (tertiary/aromatic N) is 4. The molecule has 0 spiro atoms. The van der Waals surface area contributed by atoms with Crippen molar-refractivity contribution in [3.63, 3.8) is 0 Å². The minimum atomic E-state index is 0.823. The summed E-state index contributed by atoms with van der Waals surface area (Å²) in [5.41, 5.74) is 1.30. The van der Waals surface area contributed by atoms with Crippen LogP contribution >= 0.6 is 23.1 Å². The maximum atomic E-state index is 4.63. The fourth-order valence-corrected chi connectivity index (χ4v) is 4.36. The lowest BCUT2D eigenvalue weighted by molar-refractivity contribution is 0.848. The van der Waals surface area contributed by atoms with Crippen molar-refractivity contribution in [3.05, 3.63) is 34.5 Å². The van der Waals surface area contributed by atoms with Crippen molar-refractivity contribution in [1.82, 2.24) is 19.5 Å². The normalized spacial score (nSPS) is 11.4. The zero-order valence-corrected chi connectivity index (χ0v) is 13.6.